The average Bonchev–Trinajstić information content (AvgIpc) is 2.41. The molecule has 0 aliphatic rings. The summed E-state index contributed by atoms with van der Waals surface area (Å²) in [5.74, 6) is 0. The van der Waals surface area contributed by atoms with Crippen LogP contribution in [0.3, 0.4) is 0 Å². The topological polar surface area (TPSA) is 50.9 Å². The molecule has 0 spiro atoms. The molecule has 100 valence electrons. The second-order valence-electron chi connectivity index (χ2n) is 4.38. The summed E-state index contributed by atoms with van der Waals surface area (Å²) < 4.78 is 1.10. The van der Waals surface area contributed by atoms with E-state index in [0.29, 0.717) is 10.7 Å². The van der Waals surface area contributed by atoms with Crippen LogP contribution in [0.2, 0.25) is 5.02 Å². The zero-order chi connectivity index (χ0) is 14.1. The molecule has 3 rings (SSSR count). The van der Waals surface area contributed by atoms with Gasteiger partial charge in [0.05, 0.1) is 16.2 Å². The lowest BCUT2D eigenvalue weighted by Gasteiger charge is -2.11. The van der Waals surface area contributed by atoms with Gasteiger partial charge in [-0.1, -0.05) is 11.6 Å². The van der Waals surface area contributed by atoms with Gasteiger partial charge in [-0.05, 0) is 65.1 Å². The van der Waals surface area contributed by atoms with Gasteiger partial charge in [0.15, 0.2) is 0 Å². The molecule has 20 heavy (non-hydrogen) atoms. The van der Waals surface area contributed by atoms with Gasteiger partial charge in [-0.15, -0.1) is 0 Å². The number of pyridine rings is 1. The maximum atomic E-state index is 6.25. The summed E-state index contributed by atoms with van der Waals surface area (Å²) in [6, 6.07) is 13.5. The van der Waals surface area contributed by atoms with Crippen molar-refractivity contribution in [2.75, 3.05) is 11.1 Å². The zero-order valence-corrected chi connectivity index (χ0v) is 13.3. The number of nitrogens with one attached hydrogen (secondary N) is 1. The van der Waals surface area contributed by atoms with Gasteiger partial charge in [0, 0.05) is 26.5 Å². The maximum absolute atomic E-state index is 6.25. The highest BCUT2D eigenvalue weighted by atomic mass is 127. The third kappa shape index (κ3) is 2.66. The monoisotopic (exact) mass is 395 g/mol. The standard InChI is InChI=1S/C15H11ClIN3/c16-12-7-9(17)1-4-14(12)20-13-5-6-19-15-8-10(18)2-3-11(13)15/h1-8H,18H2,(H,19,20). The highest BCUT2D eigenvalue weighted by Crippen LogP contribution is 2.30. The van der Waals surface area contributed by atoms with Crippen molar-refractivity contribution >= 4 is 62.2 Å². The number of fused-ring (bicyclic) bond motifs is 1. The van der Waals surface area contributed by atoms with E-state index in [1.165, 1.54) is 0 Å². The fourth-order valence-electron chi connectivity index (χ4n) is 2.01. The summed E-state index contributed by atoms with van der Waals surface area (Å²) in [5.41, 5.74) is 9.17. The first-order chi connectivity index (χ1) is 9.63. The Kier molecular flexibility index (Phi) is 3.67. The van der Waals surface area contributed by atoms with Crippen LogP contribution in [0.4, 0.5) is 17.1 Å². The molecule has 5 heteroatoms. The second-order valence-corrected chi connectivity index (χ2v) is 6.04. The van der Waals surface area contributed by atoms with Crippen molar-refractivity contribution in [1.29, 1.82) is 0 Å². The molecule has 2 aromatic carbocycles. The first-order valence-electron chi connectivity index (χ1n) is 6.00. The van der Waals surface area contributed by atoms with Crippen LogP contribution in [-0.4, -0.2) is 4.98 Å². The van der Waals surface area contributed by atoms with E-state index in [1.54, 1.807) is 6.20 Å². The summed E-state index contributed by atoms with van der Waals surface area (Å²) >= 11 is 8.49. The number of rotatable bonds is 2. The van der Waals surface area contributed by atoms with E-state index in [2.05, 4.69) is 32.9 Å². The molecule has 0 fully saturated rings. The number of nitrogens with two attached hydrogens (primary N) is 1. The molecule has 3 nitrogen and oxygen atoms in total. The third-order valence-corrected chi connectivity index (χ3v) is 3.95. The van der Waals surface area contributed by atoms with Gasteiger partial charge in [0.25, 0.3) is 0 Å². The lowest BCUT2D eigenvalue weighted by Crippen LogP contribution is -1.94. The van der Waals surface area contributed by atoms with Crippen molar-refractivity contribution in [2.24, 2.45) is 0 Å². The number of benzene rings is 2. The molecule has 0 bridgehead atoms. The Labute approximate surface area is 135 Å². The minimum Gasteiger partial charge on any atom is -0.399 e. The highest BCUT2D eigenvalue weighted by molar-refractivity contribution is 14.1. The molecule has 0 saturated heterocycles. The molecule has 3 N–H and O–H groups in total. The van der Waals surface area contributed by atoms with Crippen molar-refractivity contribution in [3.63, 3.8) is 0 Å². The van der Waals surface area contributed by atoms with Crippen LogP contribution in [-0.2, 0) is 0 Å². The van der Waals surface area contributed by atoms with Gasteiger partial charge in [0.1, 0.15) is 0 Å². The lowest BCUT2D eigenvalue weighted by atomic mass is 10.1. The van der Waals surface area contributed by atoms with Crippen molar-refractivity contribution in [3.05, 3.63) is 57.3 Å². The quantitative estimate of drug-likeness (QED) is 0.483. The van der Waals surface area contributed by atoms with E-state index in [4.69, 9.17) is 17.3 Å². The van der Waals surface area contributed by atoms with E-state index in [-0.39, 0.29) is 0 Å². The fraction of sp³-hybridized carbons (Fsp3) is 0. The number of aromatic nitrogens is 1. The van der Waals surface area contributed by atoms with Crippen molar-refractivity contribution in [2.45, 2.75) is 0 Å². The van der Waals surface area contributed by atoms with E-state index >= 15 is 0 Å². The van der Waals surface area contributed by atoms with Gasteiger partial charge in [-0.25, -0.2) is 0 Å². The first kappa shape index (κ1) is 13.5. The maximum Gasteiger partial charge on any atom is 0.0743 e. The fourth-order valence-corrected chi connectivity index (χ4v) is 2.91. The third-order valence-electron chi connectivity index (χ3n) is 2.97. The number of halogens is 2. The molecule has 0 saturated carbocycles. The Bertz CT molecular complexity index is 789. The predicted octanol–water partition coefficient (Wildman–Crippen LogP) is 4.82. The molecule has 0 aliphatic heterocycles. The zero-order valence-electron chi connectivity index (χ0n) is 10.4. The Morgan fingerprint density at radius 1 is 1.05 bits per heavy atom. The van der Waals surface area contributed by atoms with Crippen LogP contribution in [0.5, 0.6) is 0 Å². The molecular formula is C15H11ClIN3. The minimum absolute atomic E-state index is 0.692. The Morgan fingerprint density at radius 3 is 2.70 bits per heavy atom. The van der Waals surface area contributed by atoms with Crippen LogP contribution in [0.1, 0.15) is 0 Å². The van der Waals surface area contributed by atoms with Crippen LogP contribution in [0.25, 0.3) is 10.9 Å². The van der Waals surface area contributed by atoms with Crippen molar-refractivity contribution in [3.8, 4) is 0 Å². The molecule has 1 aromatic heterocycles. The van der Waals surface area contributed by atoms with E-state index < -0.39 is 0 Å². The number of hydrogen-bond acceptors (Lipinski definition) is 3. The van der Waals surface area contributed by atoms with Gasteiger partial charge in [-0.2, -0.15) is 0 Å². The number of hydrogen-bond donors (Lipinski definition) is 2. The molecule has 0 radical (unpaired) electrons. The summed E-state index contributed by atoms with van der Waals surface area (Å²) in [6.07, 6.45) is 1.75. The van der Waals surface area contributed by atoms with Crippen LogP contribution in [0, 0.1) is 3.57 Å². The van der Waals surface area contributed by atoms with E-state index in [9.17, 15) is 0 Å². The Balaban J connectivity index is 2.06. The SMILES string of the molecule is Nc1ccc2c(Nc3ccc(I)cc3Cl)ccnc2c1. The largest absolute Gasteiger partial charge is 0.399 e. The highest BCUT2D eigenvalue weighted by Gasteiger charge is 2.05. The smallest absolute Gasteiger partial charge is 0.0743 e. The number of anilines is 3. The predicted molar refractivity (Wildman–Crippen MR) is 93.6 cm³/mol. The molecule has 0 aliphatic carbocycles. The average molecular weight is 396 g/mol. The van der Waals surface area contributed by atoms with Crippen LogP contribution >= 0.6 is 34.2 Å². The van der Waals surface area contributed by atoms with E-state index in [1.807, 2.05) is 42.5 Å². The molecule has 0 amide bonds. The number of nitrogens with zero attached hydrogens (tertiary/aromatic N) is 1. The summed E-state index contributed by atoms with van der Waals surface area (Å²) in [7, 11) is 0. The summed E-state index contributed by atoms with van der Waals surface area (Å²) in [5, 5.41) is 5.05. The number of nitrogen functional groups attached to an aromatic ring is 1. The lowest BCUT2D eigenvalue weighted by molar-refractivity contribution is 1.40. The van der Waals surface area contributed by atoms with Crippen LogP contribution in [0.15, 0.2) is 48.7 Å². The summed E-state index contributed by atoms with van der Waals surface area (Å²) in [6.45, 7) is 0. The van der Waals surface area contributed by atoms with Gasteiger partial charge < -0.3 is 11.1 Å². The van der Waals surface area contributed by atoms with Crippen molar-refractivity contribution in [1.82, 2.24) is 4.98 Å². The first-order valence-corrected chi connectivity index (χ1v) is 7.45. The molecule has 3 aromatic rings. The minimum atomic E-state index is 0.692. The van der Waals surface area contributed by atoms with E-state index in [0.717, 1.165) is 25.8 Å². The van der Waals surface area contributed by atoms with Crippen LogP contribution < -0.4 is 11.1 Å². The Morgan fingerprint density at radius 2 is 1.90 bits per heavy atom. The molecular weight excluding hydrogens is 385 g/mol. The van der Waals surface area contributed by atoms with Gasteiger partial charge in [0.2, 0.25) is 0 Å². The van der Waals surface area contributed by atoms with Crippen molar-refractivity contribution < 1.29 is 0 Å². The summed E-state index contributed by atoms with van der Waals surface area (Å²) in [4.78, 5) is 4.33. The molecule has 0 unspecified atom stereocenters. The normalized spacial score (nSPS) is 10.7. The molecule has 0 atom stereocenters. The van der Waals surface area contributed by atoms with Gasteiger partial charge >= 0.3 is 0 Å². The Hall–Kier alpha value is -1.53. The molecule has 1 heterocycles. The second kappa shape index (κ2) is 5.46. The van der Waals surface area contributed by atoms with Gasteiger partial charge in [-0.3, -0.25) is 4.98 Å².